The molecule has 2 aliphatic heterocycles. The zero-order valence-electron chi connectivity index (χ0n) is 9.28. The van der Waals surface area contributed by atoms with Crippen LogP contribution in [0.25, 0.3) is 0 Å². The van der Waals surface area contributed by atoms with E-state index in [0.717, 1.165) is 0 Å². The fourth-order valence-electron chi connectivity index (χ4n) is 1.69. The van der Waals surface area contributed by atoms with E-state index < -0.39 is 0 Å². The Hall–Kier alpha value is -0.515. The average molecular weight is 196 g/mol. The van der Waals surface area contributed by atoms with E-state index in [1.54, 1.807) is 0 Å². The molecule has 14 heavy (non-hydrogen) atoms. The lowest BCUT2D eigenvalue weighted by atomic mass is 9.98. The first-order chi connectivity index (χ1) is 6.53. The van der Waals surface area contributed by atoms with Gasteiger partial charge in [-0.3, -0.25) is 0 Å². The SMILES string of the molecule is CC1=CN(B2OCCO2)N(C)C1(C)C. The predicted octanol–water partition coefficient (Wildman–Crippen LogP) is 0.863. The van der Waals surface area contributed by atoms with E-state index in [0.29, 0.717) is 13.2 Å². The van der Waals surface area contributed by atoms with Crippen LogP contribution in [0, 0.1) is 0 Å². The molecule has 78 valence electrons. The van der Waals surface area contributed by atoms with Crippen LogP contribution in [0.15, 0.2) is 11.8 Å². The molecule has 0 N–H and O–H groups in total. The molecule has 0 radical (unpaired) electrons. The van der Waals surface area contributed by atoms with Gasteiger partial charge in [0.25, 0.3) is 0 Å². The molecule has 1 saturated heterocycles. The van der Waals surface area contributed by atoms with Crippen molar-refractivity contribution in [3.05, 3.63) is 11.8 Å². The molecule has 2 rings (SSSR count). The van der Waals surface area contributed by atoms with Crippen molar-refractivity contribution in [3.63, 3.8) is 0 Å². The summed E-state index contributed by atoms with van der Waals surface area (Å²) in [4.78, 5) is 2.02. The summed E-state index contributed by atoms with van der Waals surface area (Å²) in [6, 6.07) is 0. The zero-order chi connectivity index (χ0) is 10.3. The van der Waals surface area contributed by atoms with Crippen molar-refractivity contribution in [2.45, 2.75) is 26.3 Å². The van der Waals surface area contributed by atoms with Gasteiger partial charge in [0, 0.05) is 13.2 Å². The van der Waals surface area contributed by atoms with Gasteiger partial charge in [0.15, 0.2) is 0 Å². The Labute approximate surface area is 85.6 Å². The van der Waals surface area contributed by atoms with Crippen LogP contribution in [0.3, 0.4) is 0 Å². The molecule has 2 aliphatic rings. The lowest BCUT2D eigenvalue weighted by Gasteiger charge is -2.36. The van der Waals surface area contributed by atoms with Crippen LogP contribution in [0.1, 0.15) is 20.8 Å². The molecule has 5 heteroatoms. The fourth-order valence-corrected chi connectivity index (χ4v) is 1.69. The van der Waals surface area contributed by atoms with E-state index in [1.165, 1.54) is 5.57 Å². The van der Waals surface area contributed by atoms with E-state index in [9.17, 15) is 0 Å². The third kappa shape index (κ3) is 1.36. The van der Waals surface area contributed by atoms with E-state index in [1.807, 2.05) is 4.92 Å². The van der Waals surface area contributed by atoms with Crippen molar-refractivity contribution in [2.24, 2.45) is 0 Å². The summed E-state index contributed by atoms with van der Waals surface area (Å²) >= 11 is 0. The van der Waals surface area contributed by atoms with Crippen molar-refractivity contribution in [1.82, 2.24) is 9.93 Å². The van der Waals surface area contributed by atoms with Gasteiger partial charge >= 0.3 is 7.25 Å². The van der Waals surface area contributed by atoms with E-state index >= 15 is 0 Å². The molecular formula is C9H17BN2O2. The second-order valence-corrected chi connectivity index (χ2v) is 4.32. The normalized spacial score (nSPS) is 27.3. The smallest absolute Gasteiger partial charge is 0.389 e. The van der Waals surface area contributed by atoms with Crippen molar-refractivity contribution in [3.8, 4) is 0 Å². The van der Waals surface area contributed by atoms with Gasteiger partial charge in [-0.1, -0.05) is 0 Å². The second kappa shape index (κ2) is 3.26. The number of hydrogen-bond acceptors (Lipinski definition) is 4. The summed E-state index contributed by atoms with van der Waals surface area (Å²) in [5.41, 5.74) is 1.37. The Morgan fingerprint density at radius 1 is 1.36 bits per heavy atom. The molecule has 0 bridgehead atoms. The molecule has 0 aromatic carbocycles. The summed E-state index contributed by atoms with van der Waals surface area (Å²) < 4.78 is 10.9. The van der Waals surface area contributed by atoms with Gasteiger partial charge in [0.05, 0.1) is 18.8 Å². The van der Waals surface area contributed by atoms with Crippen LogP contribution in [-0.2, 0) is 9.31 Å². The summed E-state index contributed by atoms with van der Waals surface area (Å²) in [6.07, 6.45) is 2.09. The third-order valence-electron chi connectivity index (χ3n) is 3.27. The van der Waals surface area contributed by atoms with E-state index in [2.05, 4.69) is 39.0 Å². The van der Waals surface area contributed by atoms with Gasteiger partial charge < -0.3 is 14.2 Å². The van der Waals surface area contributed by atoms with Crippen LogP contribution in [-0.4, -0.2) is 43.0 Å². The Kier molecular flexibility index (Phi) is 2.33. The largest absolute Gasteiger partial charge is 0.608 e. The monoisotopic (exact) mass is 196 g/mol. The molecule has 0 atom stereocenters. The Morgan fingerprint density at radius 3 is 2.36 bits per heavy atom. The first kappa shape index (κ1) is 10.0. The van der Waals surface area contributed by atoms with Crippen molar-refractivity contribution in [2.75, 3.05) is 20.3 Å². The van der Waals surface area contributed by atoms with Gasteiger partial charge in [-0.25, -0.2) is 5.01 Å². The predicted molar refractivity (Wildman–Crippen MR) is 55.1 cm³/mol. The second-order valence-electron chi connectivity index (χ2n) is 4.32. The fraction of sp³-hybridized carbons (Fsp3) is 0.778. The van der Waals surface area contributed by atoms with Crippen molar-refractivity contribution < 1.29 is 9.31 Å². The van der Waals surface area contributed by atoms with Crippen LogP contribution in [0.5, 0.6) is 0 Å². The number of nitrogens with zero attached hydrogens (tertiary/aromatic N) is 2. The highest BCUT2D eigenvalue weighted by Crippen LogP contribution is 2.32. The minimum atomic E-state index is -0.239. The minimum Gasteiger partial charge on any atom is -0.389 e. The molecule has 0 spiro atoms. The van der Waals surface area contributed by atoms with Gasteiger partial charge in [0.1, 0.15) is 0 Å². The third-order valence-corrected chi connectivity index (χ3v) is 3.27. The van der Waals surface area contributed by atoms with Crippen LogP contribution in [0.4, 0.5) is 0 Å². The number of rotatable bonds is 1. The molecule has 0 unspecified atom stereocenters. The summed E-state index contributed by atoms with van der Waals surface area (Å²) in [6.45, 7) is 7.87. The standard InChI is InChI=1S/C9H17BN2O2/c1-8-7-12(10-13-5-6-14-10)11(4)9(8,2)3/h7H,5-6H2,1-4H3. The van der Waals surface area contributed by atoms with Gasteiger partial charge in [-0.15, -0.1) is 0 Å². The quantitative estimate of drug-likeness (QED) is 0.580. The van der Waals surface area contributed by atoms with Gasteiger partial charge in [-0.2, -0.15) is 0 Å². The van der Waals surface area contributed by atoms with E-state index in [4.69, 9.17) is 9.31 Å². The Morgan fingerprint density at radius 2 is 1.93 bits per heavy atom. The zero-order valence-corrected chi connectivity index (χ0v) is 9.28. The van der Waals surface area contributed by atoms with Crippen molar-refractivity contribution in [1.29, 1.82) is 0 Å². The van der Waals surface area contributed by atoms with Gasteiger partial charge in [-0.05, 0) is 26.3 Å². The maximum Gasteiger partial charge on any atom is 0.608 e. The molecule has 2 heterocycles. The van der Waals surface area contributed by atoms with Crippen LogP contribution < -0.4 is 0 Å². The number of hydrogen-bond donors (Lipinski definition) is 0. The van der Waals surface area contributed by atoms with Gasteiger partial charge in [0.2, 0.25) is 0 Å². The summed E-state index contributed by atoms with van der Waals surface area (Å²) in [5, 5.41) is 2.15. The Balaban J connectivity index is 2.15. The number of likely N-dealkylation sites (N-methyl/N-ethyl adjacent to an activating group) is 1. The summed E-state index contributed by atoms with van der Waals surface area (Å²) in [7, 11) is 1.81. The highest BCUT2D eigenvalue weighted by molar-refractivity contribution is 6.41. The number of hydrazine groups is 1. The molecule has 1 fully saturated rings. The molecular weight excluding hydrogens is 179 g/mol. The molecule has 0 aromatic heterocycles. The first-order valence-corrected chi connectivity index (χ1v) is 4.97. The lowest BCUT2D eigenvalue weighted by molar-refractivity contribution is 0.0426. The maximum atomic E-state index is 5.47. The summed E-state index contributed by atoms with van der Waals surface area (Å²) in [5.74, 6) is 0. The van der Waals surface area contributed by atoms with Crippen LogP contribution >= 0.6 is 0 Å². The molecule has 0 saturated carbocycles. The van der Waals surface area contributed by atoms with Crippen molar-refractivity contribution >= 4 is 7.25 Å². The maximum absolute atomic E-state index is 5.47. The highest BCUT2D eigenvalue weighted by Gasteiger charge is 2.43. The topological polar surface area (TPSA) is 24.9 Å². The average Bonchev–Trinajstić information content (AvgIpc) is 2.69. The highest BCUT2D eigenvalue weighted by atomic mass is 16.7. The minimum absolute atomic E-state index is 0.0509. The molecule has 4 nitrogen and oxygen atoms in total. The molecule has 0 aliphatic carbocycles. The molecule has 0 aromatic rings. The molecule has 0 amide bonds. The van der Waals surface area contributed by atoms with Crippen LogP contribution in [0.2, 0.25) is 0 Å². The lowest BCUT2D eigenvalue weighted by Crippen LogP contribution is -2.51. The van der Waals surface area contributed by atoms with E-state index in [-0.39, 0.29) is 12.8 Å². The first-order valence-electron chi connectivity index (χ1n) is 4.97. The Bertz CT molecular complexity index is 262.